The van der Waals surface area contributed by atoms with E-state index in [1.165, 1.54) is 11.4 Å². The zero-order valence-electron chi connectivity index (χ0n) is 10.6. The van der Waals surface area contributed by atoms with Gasteiger partial charge in [-0.1, -0.05) is 6.92 Å². The van der Waals surface area contributed by atoms with E-state index in [2.05, 4.69) is 4.72 Å². The Labute approximate surface area is 107 Å². The van der Waals surface area contributed by atoms with Crippen molar-refractivity contribution in [3.63, 3.8) is 0 Å². The second kappa shape index (κ2) is 6.46. The number of carboxylic acids is 1. The highest BCUT2D eigenvalue weighted by molar-refractivity contribution is 7.87. The van der Waals surface area contributed by atoms with Crippen LogP contribution in [0.4, 0.5) is 0 Å². The summed E-state index contributed by atoms with van der Waals surface area (Å²) in [5.74, 6) is -0.952. The summed E-state index contributed by atoms with van der Waals surface area (Å²) in [6.07, 6.45) is 1.79. The van der Waals surface area contributed by atoms with Gasteiger partial charge in [0.15, 0.2) is 0 Å². The van der Waals surface area contributed by atoms with E-state index in [-0.39, 0.29) is 6.61 Å². The predicted molar refractivity (Wildman–Crippen MR) is 65.3 cm³/mol. The number of rotatable bonds is 6. The molecule has 1 aliphatic rings. The Hall–Kier alpha value is -0.700. The van der Waals surface area contributed by atoms with Gasteiger partial charge in [0.2, 0.25) is 0 Å². The van der Waals surface area contributed by atoms with Crippen LogP contribution < -0.4 is 4.72 Å². The van der Waals surface area contributed by atoms with E-state index in [0.29, 0.717) is 19.0 Å². The molecule has 18 heavy (non-hydrogen) atoms. The summed E-state index contributed by atoms with van der Waals surface area (Å²) in [5.41, 5.74) is 0. The van der Waals surface area contributed by atoms with Gasteiger partial charge in [0.05, 0.1) is 6.61 Å². The van der Waals surface area contributed by atoms with Crippen molar-refractivity contribution in [1.29, 1.82) is 0 Å². The maximum absolute atomic E-state index is 12.0. The van der Waals surface area contributed by atoms with Crippen molar-refractivity contribution in [2.45, 2.75) is 25.8 Å². The number of hydrogen-bond acceptors (Lipinski definition) is 4. The molecule has 1 aliphatic heterocycles. The molecule has 1 heterocycles. The highest BCUT2D eigenvalue weighted by Gasteiger charge is 2.31. The van der Waals surface area contributed by atoms with Gasteiger partial charge < -0.3 is 9.84 Å². The molecule has 0 aromatic rings. The van der Waals surface area contributed by atoms with Crippen LogP contribution in [0.5, 0.6) is 0 Å². The van der Waals surface area contributed by atoms with Crippen LogP contribution in [0.15, 0.2) is 0 Å². The first-order valence-corrected chi connectivity index (χ1v) is 7.30. The number of carboxylic acid groups (broad SMARTS) is 1. The molecule has 0 aliphatic carbocycles. The van der Waals surface area contributed by atoms with Crippen molar-refractivity contribution in [3.05, 3.63) is 0 Å². The van der Waals surface area contributed by atoms with Crippen LogP contribution in [0.1, 0.15) is 19.8 Å². The smallest absolute Gasteiger partial charge is 0.324 e. The summed E-state index contributed by atoms with van der Waals surface area (Å²) >= 11 is 0. The SMILES string of the molecule is COCC(NS(=O)(=O)N1CCCC(C)C1)C(=O)O. The Morgan fingerprint density at radius 2 is 2.28 bits per heavy atom. The van der Waals surface area contributed by atoms with Crippen molar-refractivity contribution in [2.75, 3.05) is 26.8 Å². The van der Waals surface area contributed by atoms with E-state index in [1.54, 1.807) is 0 Å². The number of aliphatic carboxylic acids is 1. The Kier molecular flexibility index (Phi) is 5.51. The number of nitrogens with one attached hydrogen (secondary N) is 1. The van der Waals surface area contributed by atoms with E-state index in [1.807, 2.05) is 6.92 Å². The fourth-order valence-corrected chi connectivity index (χ4v) is 3.44. The van der Waals surface area contributed by atoms with E-state index in [0.717, 1.165) is 12.8 Å². The molecule has 8 heteroatoms. The van der Waals surface area contributed by atoms with Crippen molar-refractivity contribution in [3.8, 4) is 0 Å². The third kappa shape index (κ3) is 4.20. The van der Waals surface area contributed by atoms with Gasteiger partial charge in [-0.3, -0.25) is 4.79 Å². The van der Waals surface area contributed by atoms with Crippen molar-refractivity contribution >= 4 is 16.2 Å². The Bertz CT molecular complexity index is 384. The van der Waals surface area contributed by atoms with Crippen LogP contribution in [0.25, 0.3) is 0 Å². The molecule has 2 atom stereocenters. The second-order valence-electron chi connectivity index (χ2n) is 4.57. The molecule has 0 bridgehead atoms. The lowest BCUT2D eigenvalue weighted by Crippen LogP contribution is -2.52. The van der Waals surface area contributed by atoms with Crippen LogP contribution in [-0.2, 0) is 19.7 Å². The average Bonchev–Trinajstić information content (AvgIpc) is 2.28. The molecule has 0 radical (unpaired) electrons. The monoisotopic (exact) mass is 280 g/mol. The summed E-state index contributed by atoms with van der Waals surface area (Å²) in [7, 11) is -2.43. The van der Waals surface area contributed by atoms with E-state index < -0.39 is 22.2 Å². The Morgan fingerprint density at radius 1 is 1.61 bits per heavy atom. The molecule has 1 rings (SSSR count). The van der Waals surface area contributed by atoms with E-state index in [4.69, 9.17) is 9.84 Å². The fraction of sp³-hybridized carbons (Fsp3) is 0.900. The third-order valence-corrected chi connectivity index (χ3v) is 4.48. The van der Waals surface area contributed by atoms with Crippen LogP contribution >= 0.6 is 0 Å². The van der Waals surface area contributed by atoms with Crippen LogP contribution in [0, 0.1) is 5.92 Å². The zero-order chi connectivity index (χ0) is 13.8. The summed E-state index contributed by atoms with van der Waals surface area (Å²) in [6, 6.07) is -1.25. The van der Waals surface area contributed by atoms with Gasteiger partial charge in [0, 0.05) is 20.2 Å². The molecule has 0 amide bonds. The first-order chi connectivity index (χ1) is 8.36. The predicted octanol–water partition coefficient (Wildman–Crippen LogP) is -0.348. The van der Waals surface area contributed by atoms with Gasteiger partial charge in [0.25, 0.3) is 10.2 Å². The molecule has 0 aromatic carbocycles. The minimum Gasteiger partial charge on any atom is -0.480 e. The maximum Gasteiger partial charge on any atom is 0.324 e. The summed E-state index contributed by atoms with van der Waals surface area (Å²) in [4.78, 5) is 10.9. The fourth-order valence-electron chi connectivity index (χ4n) is 1.94. The molecule has 1 fully saturated rings. The maximum atomic E-state index is 12.0. The highest BCUT2D eigenvalue weighted by atomic mass is 32.2. The van der Waals surface area contributed by atoms with E-state index >= 15 is 0 Å². The quantitative estimate of drug-likeness (QED) is 0.693. The molecule has 2 unspecified atom stereocenters. The second-order valence-corrected chi connectivity index (χ2v) is 6.28. The van der Waals surface area contributed by atoms with Crippen LogP contribution in [-0.4, -0.2) is 56.6 Å². The van der Waals surface area contributed by atoms with Gasteiger partial charge in [-0.25, -0.2) is 0 Å². The molecule has 0 aromatic heterocycles. The molecule has 2 N–H and O–H groups in total. The minimum atomic E-state index is -3.76. The number of piperidine rings is 1. The molecule has 7 nitrogen and oxygen atoms in total. The normalized spacial score (nSPS) is 23.8. The molecular weight excluding hydrogens is 260 g/mol. The number of nitrogens with zero attached hydrogens (tertiary/aromatic N) is 1. The summed E-state index contributed by atoms with van der Waals surface area (Å²) < 4.78 is 32.2. The molecule has 106 valence electrons. The number of methoxy groups -OCH3 is 1. The summed E-state index contributed by atoms with van der Waals surface area (Å²) in [5, 5.41) is 8.89. The summed E-state index contributed by atoms with van der Waals surface area (Å²) in [6.45, 7) is 2.64. The van der Waals surface area contributed by atoms with Crippen LogP contribution in [0.3, 0.4) is 0 Å². The van der Waals surface area contributed by atoms with Gasteiger partial charge in [-0.15, -0.1) is 0 Å². The average molecular weight is 280 g/mol. The standard InChI is InChI=1S/C10H20N2O5S/c1-8-4-3-5-12(6-8)18(15,16)11-9(7-17-2)10(13)14/h8-9,11H,3-7H2,1-2H3,(H,13,14). The first-order valence-electron chi connectivity index (χ1n) is 5.86. The highest BCUT2D eigenvalue weighted by Crippen LogP contribution is 2.17. The number of ether oxygens (including phenoxy) is 1. The van der Waals surface area contributed by atoms with Crippen molar-refractivity contribution < 1.29 is 23.1 Å². The molecule has 0 saturated carbocycles. The number of carbonyl (C=O) groups is 1. The lowest BCUT2D eigenvalue weighted by molar-refractivity contribution is -0.140. The Balaban J connectivity index is 2.70. The molecular formula is C10H20N2O5S. The zero-order valence-corrected chi connectivity index (χ0v) is 11.4. The van der Waals surface area contributed by atoms with Gasteiger partial charge in [-0.2, -0.15) is 17.4 Å². The third-order valence-electron chi connectivity index (χ3n) is 2.88. The Morgan fingerprint density at radius 3 is 2.78 bits per heavy atom. The van der Waals surface area contributed by atoms with E-state index in [9.17, 15) is 13.2 Å². The molecule has 0 spiro atoms. The van der Waals surface area contributed by atoms with Gasteiger partial charge in [-0.05, 0) is 18.8 Å². The van der Waals surface area contributed by atoms with Gasteiger partial charge >= 0.3 is 5.97 Å². The molecule has 1 saturated heterocycles. The lowest BCUT2D eigenvalue weighted by atomic mass is 10.0. The van der Waals surface area contributed by atoms with Crippen LogP contribution in [0.2, 0.25) is 0 Å². The first kappa shape index (κ1) is 15.4. The largest absolute Gasteiger partial charge is 0.480 e. The number of hydrogen-bond donors (Lipinski definition) is 2. The van der Waals surface area contributed by atoms with Crippen molar-refractivity contribution in [2.24, 2.45) is 5.92 Å². The topological polar surface area (TPSA) is 95.9 Å². The minimum absolute atomic E-state index is 0.196. The van der Waals surface area contributed by atoms with Gasteiger partial charge in [0.1, 0.15) is 6.04 Å². The lowest BCUT2D eigenvalue weighted by Gasteiger charge is -2.30. The van der Waals surface area contributed by atoms with Crippen molar-refractivity contribution in [1.82, 2.24) is 9.03 Å².